The highest BCUT2D eigenvalue weighted by atomic mass is 16.5. The monoisotopic (exact) mass is 390 g/mol. The van der Waals surface area contributed by atoms with Gasteiger partial charge in [-0.1, -0.05) is 0 Å². The van der Waals surface area contributed by atoms with E-state index in [1.165, 1.54) is 6.42 Å². The molecule has 0 spiro atoms. The quantitative estimate of drug-likeness (QED) is 0.736. The molecule has 7 heteroatoms. The molecule has 3 aliphatic rings. The summed E-state index contributed by atoms with van der Waals surface area (Å²) in [5, 5.41) is 6.86. The SMILES string of the molecule is COc1cc(N(C2CCNCC2)C2CCOCC2)ncc1OC[C@@H]1CCNC1. The molecule has 0 radical (unpaired) electrons. The zero-order valence-corrected chi connectivity index (χ0v) is 17.0. The lowest BCUT2D eigenvalue weighted by atomic mass is 9.98. The van der Waals surface area contributed by atoms with Crippen molar-refractivity contribution in [3.8, 4) is 11.5 Å². The Morgan fingerprint density at radius 2 is 1.79 bits per heavy atom. The number of anilines is 1. The minimum absolute atomic E-state index is 0.477. The first-order chi connectivity index (χ1) is 13.8. The maximum atomic E-state index is 6.06. The van der Waals surface area contributed by atoms with Gasteiger partial charge in [0.15, 0.2) is 11.5 Å². The number of nitrogens with zero attached hydrogens (tertiary/aromatic N) is 2. The third-order valence-corrected chi connectivity index (χ3v) is 6.22. The van der Waals surface area contributed by atoms with E-state index in [-0.39, 0.29) is 0 Å². The van der Waals surface area contributed by atoms with E-state index in [2.05, 4.69) is 21.6 Å². The molecule has 4 rings (SSSR count). The Labute approximate surface area is 168 Å². The Balaban J connectivity index is 1.52. The van der Waals surface area contributed by atoms with Gasteiger partial charge in [0.25, 0.3) is 0 Å². The lowest BCUT2D eigenvalue weighted by Crippen LogP contribution is -2.50. The highest BCUT2D eigenvalue weighted by molar-refractivity contribution is 5.51. The molecule has 0 unspecified atom stereocenters. The van der Waals surface area contributed by atoms with Gasteiger partial charge in [-0.2, -0.15) is 0 Å². The van der Waals surface area contributed by atoms with E-state index in [9.17, 15) is 0 Å². The van der Waals surface area contributed by atoms with E-state index < -0.39 is 0 Å². The van der Waals surface area contributed by atoms with Crippen molar-refractivity contribution in [1.82, 2.24) is 15.6 Å². The first-order valence-corrected chi connectivity index (χ1v) is 10.8. The predicted molar refractivity (Wildman–Crippen MR) is 109 cm³/mol. The van der Waals surface area contributed by atoms with Crippen molar-refractivity contribution in [2.45, 2.75) is 44.2 Å². The van der Waals surface area contributed by atoms with Crippen LogP contribution in [0.15, 0.2) is 12.3 Å². The average molecular weight is 391 g/mol. The molecular formula is C21H34N4O3. The van der Waals surface area contributed by atoms with Gasteiger partial charge in [0.05, 0.1) is 19.9 Å². The van der Waals surface area contributed by atoms with Gasteiger partial charge in [0, 0.05) is 43.8 Å². The summed E-state index contributed by atoms with van der Waals surface area (Å²) < 4.78 is 17.4. The topological polar surface area (TPSA) is 67.9 Å². The highest BCUT2D eigenvalue weighted by Gasteiger charge is 2.31. The van der Waals surface area contributed by atoms with Crippen LogP contribution in [0.3, 0.4) is 0 Å². The molecule has 28 heavy (non-hydrogen) atoms. The Bertz CT molecular complexity index is 594. The summed E-state index contributed by atoms with van der Waals surface area (Å²) in [6.07, 6.45) is 7.43. The van der Waals surface area contributed by atoms with Crippen molar-refractivity contribution in [3.05, 3.63) is 12.3 Å². The van der Waals surface area contributed by atoms with E-state index in [1.807, 2.05) is 6.20 Å². The summed E-state index contributed by atoms with van der Waals surface area (Å²) >= 11 is 0. The number of piperidine rings is 1. The lowest BCUT2D eigenvalue weighted by Gasteiger charge is -2.42. The van der Waals surface area contributed by atoms with Gasteiger partial charge in [-0.15, -0.1) is 0 Å². The molecule has 4 heterocycles. The summed E-state index contributed by atoms with van der Waals surface area (Å²) in [6, 6.07) is 3.06. The second kappa shape index (κ2) is 9.76. The fourth-order valence-electron chi connectivity index (χ4n) is 4.61. The molecule has 1 aromatic heterocycles. The van der Waals surface area contributed by atoms with Gasteiger partial charge in [-0.25, -0.2) is 4.98 Å². The Hall–Kier alpha value is -1.57. The molecule has 7 nitrogen and oxygen atoms in total. The van der Waals surface area contributed by atoms with Crippen molar-refractivity contribution in [3.63, 3.8) is 0 Å². The molecule has 1 aromatic rings. The van der Waals surface area contributed by atoms with Crippen LogP contribution < -0.4 is 25.0 Å². The average Bonchev–Trinajstić information content (AvgIpc) is 3.28. The number of nitrogens with one attached hydrogen (secondary N) is 2. The zero-order valence-electron chi connectivity index (χ0n) is 17.0. The molecule has 2 N–H and O–H groups in total. The van der Waals surface area contributed by atoms with E-state index in [0.29, 0.717) is 24.6 Å². The zero-order chi connectivity index (χ0) is 19.2. The van der Waals surface area contributed by atoms with Crippen LogP contribution in [0.4, 0.5) is 5.82 Å². The molecule has 3 aliphatic heterocycles. The van der Waals surface area contributed by atoms with Gasteiger partial charge in [-0.05, 0) is 51.7 Å². The van der Waals surface area contributed by atoms with E-state index in [0.717, 1.165) is 82.4 Å². The second-order valence-corrected chi connectivity index (χ2v) is 8.10. The van der Waals surface area contributed by atoms with Crippen LogP contribution in [0.1, 0.15) is 32.1 Å². The first kappa shape index (κ1) is 19.7. The van der Waals surface area contributed by atoms with Gasteiger partial charge in [0.2, 0.25) is 0 Å². The smallest absolute Gasteiger partial charge is 0.179 e. The fourth-order valence-corrected chi connectivity index (χ4v) is 4.61. The molecule has 3 saturated heterocycles. The molecule has 0 aliphatic carbocycles. The van der Waals surface area contributed by atoms with E-state index in [1.54, 1.807) is 7.11 Å². The minimum Gasteiger partial charge on any atom is -0.493 e. The molecule has 0 saturated carbocycles. The van der Waals surface area contributed by atoms with Gasteiger partial charge in [-0.3, -0.25) is 0 Å². The third kappa shape index (κ3) is 4.70. The van der Waals surface area contributed by atoms with Crippen LogP contribution in [0.25, 0.3) is 0 Å². The largest absolute Gasteiger partial charge is 0.493 e. The summed E-state index contributed by atoms with van der Waals surface area (Å²) in [4.78, 5) is 7.37. The summed E-state index contributed by atoms with van der Waals surface area (Å²) in [7, 11) is 1.71. The van der Waals surface area contributed by atoms with Gasteiger partial charge in [0.1, 0.15) is 5.82 Å². The highest BCUT2D eigenvalue weighted by Crippen LogP contribution is 2.34. The summed E-state index contributed by atoms with van der Waals surface area (Å²) in [5.41, 5.74) is 0. The minimum atomic E-state index is 0.477. The van der Waals surface area contributed by atoms with Crippen LogP contribution in [0.5, 0.6) is 11.5 Å². The van der Waals surface area contributed by atoms with Crippen LogP contribution in [0, 0.1) is 5.92 Å². The van der Waals surface area contributed by atoms with Crippen LogP contribution in [-0.2, 0) is 4.74 Å². The van der Waals surface area contributed by atoms with Crippen molar-refractivity contribution in [1.29, 1.82) is 0 Å². The number of ether oxygens (including phenoxy) is 3. The number of hydrogen-bond donors (Lipinski definition) is 2. The molecule has 156 valence electrons. The molecule has 0 bridgehead atoms. The van der Waals surface area contributed by atoms with Crippen molar-refractivity contribution >= 4 is 5.82 Å². The van der Waals surface area contributed by atoms with Gasteiger partial charge >= 0.3 is 0 Å². The standard InChI is InChI=1S/C21H34N4O3/c1-26-19-12-21(24-14-20(19)28-15-16-2-7-23-13-16)25(17-3-8-22-9-4-17)18-5-10-27-11-6-18/h12,14,16-18,22-23H,2-11,13,15H2,1H3/t16-/m1/s1. The number of aromatic nitrogens is 1. The maximum Gasteiger partial charge on any atom is 0.179 e. The van der Waals surface area contributed by atoms with Crippen LogP contribution >= 0.6 is 0 Å². The van der Waals surface area contributed by atoms with Crippen molar-refractivity contribution in [2.75, 3.05) is 58.0 Å². The normalized spacial score (nSPS) is 24.2. The summed E-state index contributed by atoms with van der Waals surface area (Å²) in [6.45, 7) is 6.62. The number of methoxy groups -OCH3 is 1. The van der Waals surface area contributed by atoms with Crippen molar-refractivity contribution in [2.24, 2.45) is 5.92 Å². The van der Waals surface area contributed by atoms with Gasteiger partial charge < -0.3 is 29.7 Å². The molecule has 0 amide bonds. The number of hydrogen-bond acceptors (Lipinski definition) is 7. The Morgan fingerprint density at radius 3 is 2.50 bits per heavy atom. The number of rotatable bonds is 7. The number of pyridine rings is 1. The first-order valence-electron chi connectivity index (χ1n) is 10.8. The third-order valence-electron chi connectivity index (χ3n) is 6.22. The van der Waals surface area contributed by atoms with E-state index >= 15 is 0 Å². The molecular weight excluding hydrogens is 356 g/mol. The maximum absolute atomic E-state index is 6.06. The predicted octanol–water partition coefficient (Wildman–Crippen LogP) is 1.82. The molecule has 3 fully saturated rings. The van der Waals surface area contributed by atoms with Crippen LogP contribution in [-0.4, -0.2) is 70.2 Å². The Morgan fingerprint density at radius 1 is 1.04 bits per heavy atom. The Kier molecular flexibility index (Phi) is 6.88. The van der Waals surface area contributed by atoms with Crippen LogP contribution in [0.2, 0.25) is 0 Å². The fraction of sp³-hybridized carbons (Fsp3) is 0.762. The lowest BCUT2D eigenvalue weighted by molar-refractivity contribution is 0.0815. The molecule has 0 aromatic carbocycles. The molecule has 1 atom stereocenters. The summed E-state index contributed by atoms with van der Waals surface area (Å²) in [5.74, 6) is 3.10. The van der Waals surface area contributed by atoms with Crippen molar-refractivity contribution < 1.29 is 14.2 Å². The van der Waals surface area contributed by atoms with E-state index in [4.69, 9.17) is 19.2 Å². The second-order valence-electron chi connectivity index (χ2n) is 8.10.